The van der Waals surface area contributed by atoms with Crippen LogP contribution in [0.3, 0.4) is 0 Å². The molecule has 0 aliphatic carbocycles. The Labute approximate surface area is 141 Å². The third-order valence-electron chi connectivity index (χ3n) is 4.13. The van der Waals surface area contributed by atoms with Crippen LogP contribution in [-0.2, 0) is 10.0 Å². The van der Waals surface area contributed by atoms with Crippen molar-refractivity contribution >= 4 is 15.9 Å². The van der Waals surface area contributed by atoms with E-state index in [0.29, 0.717) is 31.6 Å². The zero-order valence-corrected chi connectivity index (χ0v) is 14.3. The van der Waals surface area contributed by atoms with Crippen molar-refractivity contribution in [1.82, 2.24) is 19.2 Å². The summed E-state index contributed by atoms with van der Waals surface area (Å²) in [6.07, 6.45) is 3.25. The molecule has 0 radical (unpaired) electrons. The largest absolute Gasteiger partial charge is 0.337 e. The van der Waals surface area contributed by atoms with Crippen LogP contribution in [0.4, 0.5) is 0 Å². The summed E-state index contributed by atoms with van der Waals surface area (Å²) in [6, 6.07) is 7.42. The molecule has 1 saturated heterocycles. The van der Waals surface area contributed by atoms with Gasteiger partial charge in [0.25, 0.3) is 15.9 Å². The van der Waals surface area contributed by atoms with Crippen molar-refractivity contribution < 1.29 is 13.2 Å². The van der Waals surface area contributed by atoms with Gasteiger partial charge in [0.1, 0.15) is 0 Å². The molecule has 1 amide bonds. The van der Waals surface area contributed by atoms with Gasteiger partial charge in [0.15, 0.2) is 5.03 Å². The highest BCUT2D eigenvalue weighted by Crippen LogP contribution is 2.16. The maximum atomic E-state index is 12.6. The Morgan fingerprint density at radius 3 is 2.54 bits per heavy atom. The lowest BCUT2D eigenvalue weighted by atomic mass is 10.1. The third kappa shape index (κ3) is 3.34. The lowest BCUT2D eigenvalue weighted by molar-refractivity contribution is 0.0764. The van der Waals surface area contributed by atoms with E-state index in [1.165, 1.54) is 16.8 Å². The number of hydrogen-bond acceptors (Lipinski definition) is 4. The third-order valence-corrected chi connectivity index (χ3v) is 5.96. The lowest BCUT2D eigenvalue weighted by Gasteiger charge is -2.21. The number of carbonyl (C=O) groups is 1. The molecule has 1 fully saturated rings. The normalized spacial score (nSPS) is 16.8. The molecule has 1 aromatic heterocycles. The average molecular weight is 348 g/mol. The minimum Gasteiger partial charge on any atom is -0.337 e. The molecular formula is C16H20N4O3S. The van der Waals surface area contributed by atoms with Crippen LogP contribution in [0.2, 0.25) is 0 Å². The van der Waals surface area contributed by atoms with Gasteiger partial charge in [-0.25, -0.2) is 13.4 Å². The summed E-state index contributed by atoms with van der Waals surface area (Å²) in [4.78, 5) is 20.7. The van der Waals surface area contributed by atoms with Crippen molar-refractivity contribution in [3.63, 3.8) is 0 Å². The van der Waals surface area contributed by atoms with E-state index in [4.69, 9.17) is 0 Å². The number of nitrogens with one attached hydrogen (secondary N) is 1. The van der Waals surface area contributed by atoms with E-state index in [2.05, 4.69) is 9.97 Å². The van der Waals surface area contributed by atoms with E-state index in [1.54, 1.807) is 4.90 Å². The summed E-state index contributed by atoms with van der Waals surface area (Å²) in [5.74, 6) is -0.0595. The van der Waals surface area contributed by atoms with Gasteiger partial charge in [-0.3, -0.25) is 4.79 Å². The summed E-state index contributed by atoms with van der Waals surface area (Å²) >= 11 is 0. The van der Waals surface area contributed by atoms with E-state index < -0.39 is 10.0 Å². The quantitative estimate of drug-likeness (QED) is 0.905. The molecule has 2 heterocycles. The maximum absolute atomic E-state index is 12.6. The SMILES string of the molecule is Cc1ccc(C(=O)N2CCCN(S(=O)(=O)c3cnc[nH]3)CC2)cc1. The predicted octanol–water partition coefficient (Wildman–Crippen LogP) is 1.25. The van der Waals surface area contributed by atoms with Crippen LogP contribution in [0.15, 0.2) is 41.8 Å². The molecule has 0 atom stereocenters. The number of carbonyl (C=O) groups excluding carboxylic acids is 1. The van der Waals surface area contributed by atoms with Crippen molar-refractivity contribution in [2.75, 3.05) is 26.2 Å². The van der Waals surface area contributed by atoms with E-state index in [1.807, 2.05) is 31.2 Å². The van der Waals surface area contributed by atoms with Crippen molar-refractivity contribution in [3.05, 3.63) is 47.9 Å². The highest BCUT2D eigenvalue weighted by atomic mass is 32.2. The van der Waals surface area contributed by atoms with Crippen LogP contribution < -0.4 is 0 Å². The second kappa shape index (κ2) is 6.74. The Balaban J connectivity index is 1.71. The number of rotatable bonds is 3. The first kappa shape index (κ1) is 16.7. The maximum Gasteiger partial charge on any atom is 0.260 e. The van der Waals surface area contributed by atoms with Crippen LogP contribution >= 0.6 is 0 Å². The Hall–Kier alpha value is -2.19. The molecule has 3 rings (SSSR count). The van der Waals surface area contributed by atoms with Gasteiger partial charge in [-0.1, -0.05) is 17.7 Å². The zero-order chi connectivity index (χ0) is 17.2. The number of amides is 1. The fourth-order valence-electron chi connectivity index (χ4n) is 2.74. The van der Waals surface area contributed by atoms with Gasteiger partial charge in [0.2, 0.25) is 0 Å². The number of aromatic nitrogens is 2. The summed E-state index contributed by atoms with van der Waals surface area (Å²) < 4.78 is 26.5. The van der Waals surface area contributed by atoms with Gasteiger partial charge >= 0.3 is 0 Å². The van der Waals surface area contributed by atoms with Crippen LogP contribution in [0.25, 0.3) is 0 Å². The van der Waals surface area contributed by atoms with E-state index in [0.717, 1.165) is 5.56 Å². The van der Waals surface area contributed by atoms with Crippen LogP contribution in [-0.4, -0.2) is 59.7 Å². The summed E-state index contributed by atoms with van der Waals surface area (Å²) in [5, 5.41) is 0.0841. The Morgan fingerprint density at radius 2 is 1.88 bits per heavy atom. The summed E-state index contributed by atoms with van der Waals surface area (Å²) in [5.41, 5.74) is 1.73. The van der Waals surface area contributed by atoms with Gasteiger partial charge in [0, 0.05) is 31.7 Å². The number of hydrogen-bond donors (Lipinski definition) is 1. The van der Waals surface area contributed by atoms with Crippen LogP contribution in [0.1, 0.15) is 22.3 Å². The molecule has 1 aromatic carbocycles. The summed E-state index contributed by atoms with van der Waals surface area (Å²) in [7, 11) is -3.58. The van der Waals surface area contributed by atoms with Crippen molar-refractivity contribution in [2.24, 2.45) is 0 Å². The molecule has 0 saturated carbocycles. The second-order valence-electron chi connectivity index (χ2n) is 5.83. The second-order valence-corrected chi connectivity index (χ2v) is 7.74. The highest BCUT2D eigenvalue weighted by Gasteiger charge is 2.29. The molecule has 2 aromatic rings. The average Bonchev–Trinajstić information content (AvgIpc) is 3.00. The Kier molecular flexibility index (Phi) is 4.68. The highest BCUT2D eigenvalue weighted by molar-refractivity contribution is 7.89. The first-order valence-corrected chi connectivity index (χ1v) is 9.27. The van der Waals surface area contributed by atoms with E-state index in [-0.39, 0.29) is 17.5 Å². The minimum atomic E-state index is -3.58. The molecule has 7 nitrogen and oxygen atoms in total. The lowest BCUT2D eigenvalue weighted by Crippen LogP contribution is -2.37. The number of H-pyrrole nitrogens is 1. The number of aryl methyl sites for hydroxylation is 1. The summed E-state index contributed by atoms with van der Waals surface area (Å²) in [6.45, 7) is 3.55. The van der Waals surface area contributed by atoms with Crippen molar-refractivity contribution in [3.8, 4) is 0 Å². The smallest absolute Gasteiger partial charge is 0.260 e. The number of benzene rings is 1. The van der Waals surface area contributed by atoms with Gasteiger partial charge in [-0.15, -0.1) is 0 Å². The number of nitrogens with zero attached hydrogens (tertiary/aromatic N) is 3. The van der Waals surface area contributed by atoms with Gasteiger partial charge in [0.05, 0.1) is 12.5 Å². The van der Waals surface area contributed by atoms with Crippen LogP contribution in [0, 0.1) is 6.92 Å². The molecule has 1 aliphatic rings. The molecule has 1 N–H and O–H groups in total. The molecule has 0 bridgehead atoms. The monoisotopic (exact) mass is 348 g/mol. The van der Waals surface area contributed by atoms with Crippen LogP contribution in [0.5, 0.6) is 0 Å². The Bertz CT molecular complexity index is 800. The predicted molar refractivity (Wildman–Crippen MR) is 89.0 cm³/mol. The molecule has 24 heavy (non-hydrogen) atoms. The topological polar surface area (TPSA) is 86.4 Å². The zero-order valence-electron chi connectivity index (χ0n) is 13.5. The molecule has 8 heteroatoms. The number of imidazole rings is 1. The van der Waals surface area contributed by atoms with Crippen molar-refractivity contribution in [1.29, 1.82) is 0 Å². The van der Waals surface area contributed by atoms with E-state index >= 15 is 0 Å². The Morgan fingerprint density at radius 1 is 1.12 bits per heavy atom. The number of aromatic amines is 1. The molecular weight excluding hydrogens is 328 g/mol. The fourth-order valence-corrected chi connectivity index (χ4v) is 4.10. The van der Waals surface area contributed by atoms with Gasteiger partial charge < -0.3 is 9.88 Å². The van der Waals surface area contributed by atoms with E-state index in [9.17, 15) is 13.2 Å². The van der Waals surface area contributed by atoms with Gasteiger partial charge in [-0.2, -0.15) is 4.31 Å². The standard InChI is InChI=1S/C16H20N4O3S/c1-13-3-5-14(6-4-13)16(21)19-7-2-8-20(10-9-19)24(22,23)15-11-17-12-18-15/h3-6,11-12H,2,7-10H2,1H3,(H,17,18). The fraction of sp³-hybridized carbons (Fsp3) is 0.375. The van der Waals surface area contributed by atoms with Crippen molar-refractivity contribution in [2.45, 2.75) is 18.4 Å². The number of sulfonamides is 1. The minimum absolute atomic E-state index is 0.0595. The first-order chi connectivity index (χ1) is 11.5. The molecule has 0 spiro atoms. The molecule has 0 unspecified atom stereocenters. The first-order valence-electron chi connectivity index (χ1n) is 7.83. The molecule has 1 aliphatic heterocycles. The molecule has 128 valence electrons. The van der Waals surface area contributed by atoms with Gasteiger partial charge in [-0.05, 0) is 25.5 Å².